The number of unbranched alkanes of at least 4 members (excludes halogenated alkanes) is 1. The number of ether oxygens (including phenoxy) is 1. The van der Waals surface area contributed by atoms with E-state index in [1.807, 2.05) is 18.2 Å². The lowest BCUT2D eigenvalue weighted by molar-refractivity contribution is 0.306. The molecular weight excluding hydrogens is 400 g/mol. The van der Waals surface area contributed by atoms with Gasteiger partial charge < -0.3 is 15.5 Å². The fourth-order valence-electron chi connectivity index (χ4n) is 4.16. The van der Waals surface area contributed by atoms with E-state index in [1.165, 1.54) is 37.9 Å². The predicted octanol–water partition coefficient (Wildman–Crippen LogP) is 6.91. The second-order valence-corrected chi connectivity index (χ2v) is 8.76. The first-order valence-corrected chi connectivity index (χ1v) is 11.7. The van der Waals surface area contributed by atoms with Gasteiger partial charge in [0.25, 0.3) is 0 Å². The van der Waals surface area contributed by atoms with E-state index in [1.54, 1.807) is 11.3 Å². The van der Waals surface area contributed by atoms with Gasteiger partial charge in [-0.1, -0.05) is 48.5 Å². The first-order valence-electron chi connectivity index (χ1n) is 10.8. The fourth-order valence-corrected chi connectivity index (χ4v) is 5.12. The molecule has 2 aromatic heterocycles. The number of rotatable bonds is 8. The molecule has 0 spiro atoms. The van der Waals surface area contributed by atoms with Crippen molar-refractivity contribution < 1.29 is 4.74 Å². The lowest BCUT2D eigenvalue weighted by Crippen LogP contribution is -1.99. The number of aryl methyl sites for hydroxylation is 1. The van der Waals surface area contributed by atoms with Crippen molar-refractivity contribution in [1.82, 2.24) is 4.98 Å². The summed E-state index contributed by atoms with van der Waals surface area (Å²) in [6.45, 7) is 1.30. The third-order valence-corrected chi connectivity index (χ3v) is 6.72. The zero-order valence-corrected chi connectivity index (χ0v) is 18.3. The number of fused-ring (bicyclic) bond motifs is 2. The molecule has 2 heterocycles. The Hall–Kier alpha value is -3.08. The molecule has 0 saturated heterocycles. The van der Waals surface area contributed by atoms with Crippen LogP contribution in [0.5, 0.6) is 5.75 Å². The maximum Gasteiger partial charge on any atom is 0.120 e. The molecule has 0 fully saturated rings. The molecule has 5 aromatic rings. The molecule has 0 saturated carbocycles. The summed E-state index contributed by atoms with van der Waals surface area (Å²) in [5, 5.41) is 4.82. The Morgan fingerprint density at radius 3 is 2.58 bits per heavy atom. The highest BCUT2D eigenvalue weighted by Gasteiger charge is 2.17. The van der Waals surface area contributed by atoms with E-state index in [0.717, 1.165) is 37.1 Å². The Morgan fingerprint density at radius 2 is 1.71 bits per heavy atom. The molecule has 0 amide bonds. The number of aromatic amines is 1. The molecule has 0 aliphatic rings. The maximum absolute atomic E-state index is 6.12. The normalized spacial score (nSPS) is 11.4. The number of aromatic nitrogens is 1. The van der Waals surface area contributed by atoms with Gasteiger partial charge in [-0.25, -0.2) is 0 Å². The van der Waals surface area contributed by atoms with Crippen LogP contribution in [0.3, 0.4) is 0 Å². The number of hydrogen-bond donors (Lipinski definition) is 2. The minimum Gasteiger partial charge on any atom is -0.489 e. The van der Waals surface area contributed by atoms with Crippen LogP contribution < -0.4 is 10.5 Å². The van der Waals surface area contributed by atoms with Gasteiger partial charge in [0.2, 0.25) is 0 Å². The van der Waals surface area contributed by atoms with Gasteiger partial charge in [-0.15, -0.1) is 11.3 Å². The first kappa shape index (κ1) is 19.9. The van der Waals surface area contributed by atoms with Crippen LogP contribution in [0.1, 0.15) is 24.0 Å². The molecule has 5 rings (SSSR count). The highest BCUT2D eigenvalue weighted by molar-refractivity contribution is 7.17. The van der Waals surface area contributed by atoms with Gasteiger partial charge in [0, 0.05) is 31.9 Å². The van der Waals surface area contributed by atoms with Crippen molar-refractivity contribution >= 4 is 32.3 Å². The summed E-state index contributed by atoms with van der Waals surface area (Å²) in [6, 6.07) is 25.3. The summed E-state index contributed by atoms with van der Waals surface area (Å²) in [4.78, 5) is 3.71. The van der Waals surface area contributed by atoms with E-state index < -0.39 is 0 Å². The second kappa shape index (κ2) is 8.96. The zero-order valence-electron chi connectivity index (χ0n) is 17.4. The zero-order chi connectivity index (χ0) is 21.0. The number of nitrogens with one attached hydrogen (secondary N) is 1. The van der Waals surface area contributed by atoms with E-state index in [2.05, 4.69) is 65.0 Å². The maximum atomic E-state index is 6.12. The SMILES string of the molecule is NCCCCc1c(-c2csc3ccccc23)[nH]c2ccc(OCc3ccccc3)cc12. The van der Waals surface area contributed by atoms with Gasteiger partial charge in [-0.2, -0.15) is 0 Å². The highest BCUT2D eigenvalue weighted by atomic mass is 32.1. The molecule has 0 atom stereocenters. The molecule has 4 heteroatoms. The monoisotopic (exact) mass is 426 g/mol. The molecule has 0 aliphatic heterocycles. The minimum atomic E-state index is 0.571. The Labute approximate surface area is 186 Å². The summed E-state index contributed by atoms with van der Waals surface area (Å²) < 4.78 is 7.43. The third-order valence-electron chi connectivity index (χ3n) is 5.76. The molecule has 0 radical (unpaired) electrons. The molecule has 0 aliphatic carbocycles. The molecule has 3 nitrogen and oxygen atoms in total. The smallest absolute Gasteiger partial charge is 0.120 e. The average Bonchev–Trinajstić information content (AvgIpc) is 3.40. The predicted molar refractivity (Wildman–Crippen MR) is 132 cm³/mol. The van der Waals surface area contributed by atoms with E-state index in [0.29, 0.717) is 6.61 Å². The molecule has 156 valence electrons. The summed E-state index contributed by atoms with van der Waals surface area (Å²) in [6.07, 6.45) is 3.10. The van der Waals surface area contributed by atoms with Crippen molar-refractivity contribution in [1.29, 1.82) is 0 Å². The van der Waals surface area contributed by atoms with Gasteiger partial charge in [0.05, 0.1) is 5.69 Å². The largest absolute Gasteiger partial charge is 0.489 e. The van der Waals surface area contributed by atoms with E-state index in [-0.39, 0.29) is 0 Å². The van der Waals surface area contributed by atoms with Crippen LogP contribution in [0.4, 0.5) is 0 Å². The van der Waals surface area contributed by atoms with E-state index in [4.69, 9.17) is 10.5 Å². The van der Waals surface area contributed by atoms with Crippen LogP contribution in [0.15, 0.2) is 78.2 Å². The van der Waals surface area contributed by atoms with Crippen molar-refractivity contribution in [2.24, 2.45) is 5.73 Å². The Bertz CT molecular complexity index is 1300. The Kier molecular flexibility index (Phi) is 5.74. The van der Waals surface area contributed by atoms with Crippen molar-refractivity contribution in [3.63, 3.8) is 0 Å². The number of hydrogen-bond acceptors (Lipinski definition) is 3. The van der Waals surface area contributed by atoms with Crippen LogP contribution in [0, 0.1) is 0 Å². The van der Waals surface area contributed by atoms with Crippen LogP contribution in [0.2, 0.25) is 0 Å². The Morgan fingerprint density at radius 1 is 0.871 bits per heavy atom. The van der Waals surface area contributed by atoms with Gasteiger partial charge >= 0.3 is 0 Å². The van der Waals surface area contributed by atoms with E-state index >= 15 is 0 Å². The van der Waals surface area contributed by atoms with Crippen LogP contribution >= 0.6 is 11.3 Å². The van der Waals surface area contributed by atoms with Crippen LogP contribution in [-0.4, -0.2) is 11.5 Å². The van der Waals surface area contributed by atoms with Crippen LogP contribution in [-0.2, 0) is 13.0 Å². The standard InChI is InChI=1S/C27H26N2OS/c28-15-7-6-11-22-23-16-20(30-17-19-8-2-1-3-9-19)13-14-25(23)29-27(22)24-18-31-26-12-5-4-10-21(24)26/h1-5,8-10,12-14,16,18,29H,6-7,11,15,17,28H2. The number of nitrogens with two attached hydrogens (primary N) is 1. The summed E-state index contributed by atoms with van der Waals surface area (Å²) in [5.41, 5.74) is 12.0. The highest BCUT2D eigenvalue weighted by Crippen LogP contribution is 2.39. The molecule has 0 unspecified atom stereocenters. The van der Waals surface area contributed by atoms with Crippen molar-refractivity contribution in [3.05, 3.63) is 89.3 Å². The van der Waals surface area contributed by atoms with Crippen molar-refractivity contribution in [3.8, 4) is 17.0 Å². The van der Waals surface area contributed by atoms with Gasteiger partial charge in [0.1, 0.15) is 12.4 Å². The molecule has 3 N–H and O–H groups in total. The average molecular weight is 427 g/mol. The number of H-pyrrole nitrogens is 1. The quantitative estimate of drug-likeness (QED) is 0.265. The number of benzene rings is 3. The summed E-state index contributed by atoms with van der Waals surface area (Å²) >= 11 is 1.80. The lowest BCUT2D eigenvalue weighted by atomic mass is 10.00. The Balaban J connectivity index is 1.54. The van der Waals surface area contributed by atoms with Crippen molar-refractivity contribution in [2.45, 2.75) is 25.9 Å². The summed E-state index contributed by atoms with van der Waals surface area (Å²) in [7, 11) is 0. The fraction of sp³-hybridized carbons (Fsp3) is 0.185. The first-order chi connectivity index (χ1) is 15.3. The van der Waals surface area contributed by atoms with Gasteiger partial charge in [-0.05, 0) is 61.2 Å². The lowest BCUT2D eigenvalue weighted by Gasteiger charge is -2.08. The van der Waals surface area contributed by atoms with Gasteiger partial charge in [0.15, 0.2) is 0 Å². The molecule has 0 bridgehead atoms. The van der Waals surface area contributed by atoms with Crippen LogP contribution in [0.25, 0.3) is 32.2 Å². The molecule has 31 heavy (non-hydrogen) atoms. The minimum absolute atomic E-state index is 0.571. The van der Waals surface area contributed by atoms with Crippen molar-refractivity contribution in [2.75, 3.05) is 6.54 Å². The van der Waals surface area contributed by atoms with Gasteiger partial charge in [-0.3, -0.25) is 0 Å². The second-order valence-electron chi connectivity index (χ2n) is 7.85. The topological polar surface area (TPSA) is 51.0 Å². The molecule has 3 aromatic carbocycles. The van der Waals surface area contributed by atoms with E-state index in [9.17, 15) is 0 Å². The molecular formula is C27H26N2OS. The third kappa shape index (κ3) is 4.09. The number of thiophene rings is 1. The summed E-state index contributed by atoms with van der Waals surface area (Å²) in [5.74, 6) is 0.900.